The Morgan fingerprint density at radius 3 is 1.48 bits per heavy atom. The Labute approximate surface area is 350 Å². The molecule has 6 rings (SSSR count). The molecule has 58 heavy (non-hydrogen) atoms. The van der Waals surface area contributed by atoms with Crippen LogP contribution in [0.1, 0.15) is 73.6 Å². The van der Waals surface area contributed by atoms with Crippen molar-refractivity contribution in [1.82, 2.24) is 20.9 Å². The van der Waals surface area contributed by atoms with Crippen LogP contribution in [0.25, 0.3) is 23.9 Å². The van der Waals surface area contributed by atoms with Crippen LogP contribution in [0, 0.1) is 0 Å². The van der Waals surface area contributed by atoms with Crippen LogP contribution in [0.5, 0.6) is 0 Å². The summed E-state index contributed by atoms with van der Waals surface area (Å²) in [6.45, 7) is 0. The summed E-state index contributed by atoms with van der Waals surface area (Å²) in [5.74, 6) is -1.26. The van der Waals surface area contributed by atoms with E-state index in [9.17, 15) is 19.2 Å². The van der Waals surface area contributed by atoms with E-state index < -0.39 is 18.0 Å². The SMILES string of the molecule is O=C(C=Cc1ccc(Cl)cc1)N[C@H]1CCCC[C@@H]1NC(=O)C=C(c1ccc(Cl)cc1)N(C(=O)/C=C/c1ccccc1)[C@H]1CCCC[C@@H]1NC(=O)/C=C/c1ccccc1. The maximum atomic E-state index is 14.6. The molecule has 4 amide bonds. The molecule has 2 fully saturated rings. The molecule has 2 aliphatic rings. The molecule has 0 saturated heterocycles. The first-order valence-corrected chi connectivity index (χ1v) is 20.6. The summed E-state index contributed by atoms with van der Waals surface area (Å²) in [5, 5.41) is 10.6. The van der Waals surface area contributed by atoms with E-state index in [1.165, 1.54) is 24.3 Å². The molecular weight excluding hydrogens is 767 g/mol. The van der Waals surface area contributed by atoms with Gasteiger partial charge in [-0.25, -0.2) is 0 Å². The average Bonchev–Trinajstić information content (AvgIpc) is 3.24. The van der Waals surface area contributed by atoms with Gasteiger partial charge in [0.2, 0.25) is 17.7 Å². The highest BCUT2D eigenvalue weighted by atomic mass is 35.5. The first kappa shape index (κ1) is 41.9. The van der Waals surface area contributed by atoms with Gasteiger partial charge in [0, 0.05) is 52.5 Å². The topological polar surface area (TPSA) is 108 Å². The van der Waals surface area contributed by atoms with Crippen molar-refractivity contribution in [3.05, 3.63) is 166 Å². The highest BCUT2D eigenvalue weighted by Crippen LogP contribution is 2.32. The molecule has 0 aliphatic heterocycles. The lowest BCUT2D eigenvalue weighted by molar-refractivity contribution is -0.127. The fourth-order valence-electron chi connectivity index (χ4n) is 7.54. The van der Waals surface area contributed by atoms with Crippen molar-refractivity contribution in [2.75, 3.05) is 0 Å². The number of nitrogens with zero attached hydrogens (tertiary/aromatic N) is 1. The van der Waals surface area contributed by atoms with Crippen molar-refractivity contribution in [1.29, 1.82) is 0 Å². The number of amides is 4. The molecule has 0 bridgehead atoms. The third kappa shape index (κ3) is 12.4. The molecule has 0 radical (unpaired) electrons. The van der Waals surface area contributed by atoms with Crippen LogP contribution in [-0.4, -0.2) is 52.7 Å². The quantitative estimate of drug-likeness (QED) is 0.117. The maximum absolute atomic E-state index is 14.6. The highest BCUT2D eigenvalue weighted by molar-refractivity contribution is 6.30. The van der Waals surface area contributed by atoms with E-state index in [0.717, 1.165) is 42.4 Å². The molecule has 4 atom stereocenters. The second kappa shape index (κ2) is 21.2. The number of hydrogen-bond acceptors (Lipinski definition) is 4. The van der Waals surface area contributed by atoms with Crippen molar-refractivity contribution >= 4 is 70.8 Å². The van der Waals surface area contributed by atoms with E-state index in [1.807, 2.05) is 72.8 Å². The highest BCUT2D eigenvalue weighted by Gasteiger charge is 2.36. The van der Waals surface area contributed by atoms with Crippen LogP contribution in [-0.2, 0) is 19.2 Å². The third-order valence-corrected chi connectivity index (χ3v) is 11.0. The molecule has 0 heterocycles. The van der Waals surface area contributed by atoms with Gasteiger partial charge in [0.05, 0.1) is 11.7 Å². The van der Waals surface area contributed by atoms with Gasteiger partial charge in [-0.05, 0) is 90.4 Å². The van der Waals surface area contributed by atoms with Crippen molar-refractivity contribution in [3.8, 4) is 0 Å². The van der Waals surface area contributed by atoms with E-state index >= 15 is 0 Å². The molecule has 298 valence electrons. The summed E-state index contributed by atoms with van der Waals surface area (Å²) in [6.07, 6.45) is 17.4. The lowest BCUT2D eigenvalue weighted by Gasteiger charge is -2.41. The number of carbonyl (C=O) groups is 4. The zero-order valence-electron chi connectivity index (χ0n) is 32.2. The van der Waals surface area contributed by atoms with Crippen LogP contribution in [0.4, 0.5) is 0 Å². The Hall–Kier alpha value is -5.70. The molecule has 8 nitrogen and oxygen atoms in total. The monoisotopic (exact) mass is 814 g/mol. The molecule has 10 heteroatoms. The second-order valence-corrected chi connectivity index (χ2v) is 15.5. The number of rotatable bonds is 13. The second-order valence-electron chi connectivity index (χ2n) is 14.6. The number of halogens is 2. The number of nitrogens with one attached hydrogen (secondary N) is 3. The summed E-state index contributed by atoms with van der Waals surface area (Å²) >= 11 is 12.4. The standard InChI is InChI=1S/C48H48Cl2N4O4/c49-38-26-19-36(20-27-38)22-31-45(55)51-40-15-7-8-16-41(40)52-47(57)33-44(37-24-28-39(50)29-25-37)54(48(58)32-23-35-13-5-2-6-14-35)43-18-10-9-17-42(43)53-46(56)30-21-34-11-3-1-4-12-34/h1-6,11-14,19-33,40-43H,7-10,15-18H2,(H,51,55)(H,52,57)(H,53,56)/b30-21+,31-22?,32-23+,44-33?/t40-,41-,42-,43-/m0/s1. The van der Waals surface area contributed by atoms with Crippen molar-refractivity contribution in [3.63, 3.8) is 0 Å². The predicted octanol–water partition coefficient (Wildman–Crippen LogP) is 9.27. The van der Waals surface area contributed by atoms with Gasteiger partial charge in [-0.15, -0.1) is 0 Å². The zero-order chi connectivity index (χ0) is 40.7. The van der Waals surface area contributed by atoms with Crippen molar-refractivity contribution < 1.29 is 19.2 Å². The normalized spacial score (nSPS) is 19.9. The van der Waals surface area contributed by atoms with Gasteiger partial charge in [-0.3, -0.25) is 19.2 Å². The summed E-state index contributed by atoms with van der Waals surface area (Å²) < 4.78 is 0. The van der Waals surface area contributed by atoms with Crippen LogP contribution >= 0.6 is 23.2 Å². The minimum atomic E-state index is -0.473. The summed E-state index contributed by atoms with van der Waals surface area (Å²) in [7, 11) is 0. The van der Waals surface area contributed by atoms with Crippen molar-refractivity contribution in [2.24, 2.45) is 0 Å². The van der Waals surface area contributed by atoms with Gasteiger partial charge in [0.1, 0.15) is 0 Å². The van der Waals surface area contributed by atoms with E-state index in [0.29, 0.717) is 47.0 Å². The molecule has 0 spiro atoms. The van der Waals surface area contributed by atoms with Gasteiger partial charge >= 0.3 is 0 Å². The smallest absolute Gasteiger partial charge is 0.251 e. The van der Waals surface area contributed by atoms with Crippen LogP contribution < -0.4 is 16.0 Å². The van der Waals surface area contributed by atoms with E-state index in [4.69, 9.17) is 23.2 Å². The van der Waals surface area contributed by atoms with E-state index in [2.05, 4.69) is 16.0 Å². The lowest BCUT2D eigenvalue weighted by Crippen LogP contribution is -2.54. The van der Waals surface area contributed by atoms with E-state index in [1.54, 1.807) is 59.5 Å². The van der Waals surface area contributed by atoms with Crippen LogP contribution in [0.2, 0.25) is 10.0 Å². The summed E-state index contributed by atoms with van der Waals surface area (Å²) in [6, 6.07) is 31.8. The third-order valence-electron chi connectivity index (χ3n) is 10.5. The van der Waals surface area contributed by atoms with Gasteiger partial charge in [0.25, 0.3) is 5.91 Å². The molecular formula is C48H48Cl2N4O4. The average molecular weight is 816 g/mol. The lowest BCUT2D eigenvalue weighted by atomic mass is 9.87. The fourth-order valence-corrected chi connectivity index (χ4v) is 7.79. The molecule has 0 aromatic heterocycles. The molecule has 2 aliphatic carbocycles. The number of carbonyl (C=O) groups excluding carboxylic acids is 4. The van der Waals surface area contributed by atoms with E-state index in [-0.39, 0.29) is 29.8 Å². The van der Waals surface area contributed by atoms with Gasteiger partial charge in [-0.1, -0.05) is 134 Å². The zero-order valence-corrected chi connectivity index (χ0v) is 33.7. The van der Waals surface area contributed by atoms with Gasteiger partial charge in [0.15, 0.2) is 0 Å². The molecule has 2 saturated carbocycles. The first-order valence-electron chi connectivity index (χ1n) is 19.8. The molecule has 0 unspecified atom stereocenters. The summed E-state index contributed by atoms with van der Waals surface area (Å²) in [5.41, 5.74) is 3.58. The Balaban J connectivity index is 1.30. The number of benzene rings is 4. The van der Waals surface area contributed by atoms with Gasteiger partial charge in [-0.2, -0.15) is 0 Å². The minimum Gasteiger partial charge on any atom is -0.348 e. The molecule has 4 aromatic rings. The fraction of sp³-hybridized carbons (Fsp3) is 0.250. The molecule has 3 N–H and O–H groups in total. The van der Waals surface area contributed by atoms with Crippen molar-refractivity contribution in [2.45, 2.75) is 75.5 Å². The molecule has 4 aromatic carbocycles. The maximum Gasteiger partial charge on any atom is 0.251 e. The predicted molar refractivity (Wildman–Crippen MR) is 234 cm³/mol. The van der Waals surface area contributed by atoms with Gasteiger partial charge < -0.3 is 20.9 Å². The number of hydrogen-bond donors (Lipinski definition) is 3. The van der Waals surface area contributed by atoms with Crippen LogP contribution in [0.15, 0.2) is 133 Å². The summed E-state index contributed by atoms with van der Waals surface area (Å²) in [4.78, 5) is 56.9. The Bertz CT molecular complexity index is 2130. The van der Waals surface area contributed by atoms with Crippen LogP contribution in [0.3, 0.4) is 0 Å². The largest absolute Gasteiger partial charge is 0.348 e. The minimum absolute atomic E-state index is 0.260. The first-order chi connectivity index (χ1) is 28.2. The Kier molecular flexibility index (Phi) is 15.3. The Morgan fingerprint density at radius 1 is 0.500 bits per heavy atom. The Morgan fingerprint density at radius 2 is 0.931 bits per heavy atom.